The molecule has 1 aliphatic heterocycles. The quantitative estimate of drug-likeness (QED) is 0.0527. The van der Waals surface area contributed by atoms with Gasteiger partial charge in [0.15, 0.2) is 0 Å². The molecule has 18 heteroatoms. The predicted molar refractivity (Wildman–Crippen MR) is 221 cm³/mol. The fourth-order valence-corrected chi connectivity index (χ4v) is 6.18. The largest absolute Gasteiger partial charge is 0.548 e. The van der Waals surface area contributed by atoms with E-state index in [-0.39, 0.29) is 190 Å². The number of fused-ring (bicyclic) bond motifs is 2. The van der Waals surface area contributed by atoms with E-state index in [2.05, 4.69) is 0 Å². The van der Waals surface area contributed by atoms with Crippen LogP contribution in [0.15, 0.2) is 77.2 Å². The topological polar surface area (TPSA) is 196 Å². The third-order valence-corrected chi connectivity index (χ3v) is 8.66. The Kier molecular flexibility index (Phi) is 21.6. The number of aryl methyl sites for hydroxylation is 1. The van der Waals surface area contributed by atoms with Gasteiger partial charge in [0.05, 0.1) is 30.0 Å². The number of carboxylic acid groups (broad SMARTS) is 4. The minimum Gasteiger partial charge on any atom is -0.548 e. The summed E-state index contributed by atoms with van der Waals surface area (Å²) in [6.45, 7) is -0.997. The average molecular weight is 872 g/mol. The first-order valence-corrected chi connectivity index (χ1v) is 17.1. The number of rotatable bonds is 17. The molecule has 0 unspecified atom stereocenters. The van der Waals surface area contributed by atoms with Crippen molar-refractivity contribution in [1.82, 2.24) is 4.58 Å². The molecule has 0 amide bonds. The second-order valence-electron chi connectivity index (χ2n) is 13.2. The third kappa shape index (κ3) is 13.8. The third-order valence-electron chi connectivity index (χ3n) is 8.66. The van der Waals surface area contributed by atoms with E-state index in [9.17, 15) is 39.6 Å². The minimum atomic E-state index is -1.49. The van der Waals surface area contributed by atoms with Crippen molar-refractivity contribution in [3.63, 3.8) is 0 Å². The zero-order valence-electron chi connectivity index (χ0n) is 34.1. The molecule has 1 heterocycles. The number of carbonyl (C=O) groups is 4. The summed E-state index contributed by atoms with van der Waals surface area (Å²) in [7, 11) is 7.71. The van der Waals surface area contributed by atoms with E-state index in [1.807, 2.05) is 74.1 Å². The molecule has 5 rings (SSSR count). The molecule has 2 aliphatic rings. The van der Waals surface area contributed by atoms with Crippen LogP contribution in [0, 0.1) is 6.92 Å². The molecule has 0 spiro atoms. The summed E-state index contributed by atoms with van der Waals surface area (Å²) in [6, 6.07) is 21.7. The van der Waals surface area contributed by atoms with Crippen LogP contribution in [0.4, 0.5) is 17.1 Å². The zero-order valence-corrected chi connectivity index (χ0v) is 43.4. The van der Waals surface area contributed by atoms with E-state index in [4.69, 9.17) is 13.9 Å². The van der Waals surface area contributed by atoms with Gasteiger partial charge < -0.3 is 53.8 Å². The Morgan fingerprint density at radius 1 is 0.707 bits per heavy atom. The van der Waals surface area contributed by atoms with Gasteiger partial charge >= 0.3 is 17.9 Å². The Hall–Kier alpha value is -1.86. The SMILES string of the molecule is Cc1ccc(N(CC(=O)O)CC(=O)O)c(OCCOc2cc(-c3c4ccc(=[N+](C)C)cc-4oc4cc(N(C)C)ccc34)ccc2N(CC(=O)[O-])CC(=O)O)c1.[K].[K].[K]. The standard InChI is InChI=1S/C40H42N4O11.3K/c1-24-6-12-30(43(20-36(45)46)21-37(47)48)34(16-24)53-14-15-54-35-17-25(7-13-31(35)44(22-38(49)50)23-39(51)52)40-28-10-8-26(41(2)3)18-32(28)55-33-19-27(42(4)5)9-11-29(33)40;;;/h6-13,16-19H,14-15,20-23H2,1-5H3,(H3-,45,46,47,48,49,50,51,52);;;. The van der Waals surface area contributed by atoms with Crippen molar-refractivity contribution < 1.29 is 53.5 Å². The number of nitrogens with zero attached hydrogens (tertiary/aromatic N) is 4. The fraction of sp³-hybridized carbons (Fsp3) is 0.275. The van der Waals surface area contributed by atoms with Gasteiger partial charge in [-0.05, 0) is 60.5 Å². The zero-order chi connectivity index (χ0) is 40.0. The minimum absolute atomic E-state index is 0. The van der Waals surface area contributed by atoms with Gasteiger partial charge in [0, 0.05) is 203 Å². The number of ether oxygens (including phenoxy) is 2. The number of hydrogen-bond acceptors (Lipinski definition) is 11. The molecular weight excluding hydrogens is 830 g/mol. The maximum atomic E-state index is 11.9. The predicted octanol–water partition coefficient (Wildman–Crippen LogP) is 1.54. The molecule has 15 nitrogen and oxygen atoms in total. The first kappa shape index (κ1) is 52.3. The monoisotopic (exact) mass is 871 g/mol. The van der Waals surface area contributed by atoms with Crippen LogP contribution in [-0.4, -0.2) is 261 Å². The van der Waals surface area contributed by atoms with E-state index in [0.29, 0.717) is 16.9 Å². The van der Waals surface area contributed by atoms with Gasteiger partial charge in [-0.2, -0.15) is 0 Å². The molecule has 0 saturated carbocycles. The summed E-state index contributed by atoms with van der Waals surface area (Å²) in [5, 5.41) is 42.0. The Morgan fingerprint density at radius 3 is 1.79 bits per heavy atom. The first-order chi connectivity index (χ1) is 26.1. The molecule has 0 aromatic heterocycles. The molecule has 3 N–H and O–H groups in total. The summed E-state index contributed by atoms with van der Waals surface area (Å²) in [4.78, 5) is 51.0. The second-order valence-corrected chi connectivity index (χ2v) is 13.2. The number of carboxylic acids is 4. The molecule has 0 fully saturated rings. The van der Waals surface area contributed by atoms with Crippen molar-refractivity contribution in [2.75, 3.05) is 82.3 Å². The molecule has 291 valence electrons. The number of aliphatic carboxylic acids is 4. The van der Waals surface area contributed by atoms with Gasteiger partial charge in [0.2, 0.25) is 5.36 Å². The van der Waals surface area contributed by atoms with Gasteiger partial charge in [0.1, 0.15) is 69.8 Å². The van der Waals surface area contributed by atoms with Crippen LogP contribution in [0.2, 0.25) is 0 Å². The van der Waals surface area contributed by atoms with E-state index < -0.39 is 50.1 Å². The molecule has 0 atom stereocenters. The van der Waals surface area contributed by atoms with Crippen LogP contribution in [0.25, 0.3) is 33.4 Å². The molecule has 3 aromatic rings. The summed E-state index contributed by atoms with van der Waals surface area (Å²) >= 11 is 0. The molecule has 58 heavy (non-hydrogen) atoms. The van der Waals surface area contributed by atoms with Crippen LogP contribution < -0.4 is 39.2 Å². The van der Waals surface area contributed by atoms with E-state index >= 15 is 0 Å². The Morgan fingerprint density at radius 2 is 1.26 bits per heavy atom. The number of hydrogen-bond donors (Lipinski definition) is 3. The summed E-state index contributed by atoms with van der Waals surface area (Å²) in [6.07, 6.45) is 0. The number of carbonyl (C=O) groups excluding carboxylic acids is 1. The van der Waals surface area contributed by atoms with E-state index in [0.717, 1.165) is 42.9 Å². The average Bonchev–Trinajstić information content (AvgIpc) is 3.10. The normalized spacial score (nSPS) is 10.4. The Bertz CT molecular complexity index is 2280. The maximum absolute atomic E-state index is 11.9. The van der Waals surface area contributed by atoms with Gasteiger partial charge in [-0.25, -0.2) is 4.58 Å². The van der Waals surface area contributed by atoms with Crippen molar-refractivity contribution >= 4 is 206 Å². The van der Waals surface area contributed by atoms with Crippen LogP contribution in [0.5, 0.6) is 11.5 Å². The van der Waals surface area contributed by atoms with E-state index in [1.54, 1.807) is 43.3 Å². The van der Waals surface area contributed by atoms with Gasteiger partial charge in [-0.1, -0.05) is 12.1 Å². The Balaban J connectivity index is 0.00000387. The molecule has 1 aliphatic carbocycles. The van der Waals surface area contributed by atoms with Gasteiger partial charge in [-0.3, -0.25) is 14.4 Å². The Labute approximate surface area is 463 Å². The molecular formula is C40H42K3N4O11. The van der Waals surface area contributed by atoms with Crippen LogP contribution >= 0.6 is 0 Å². The van der Waals surface area contributed by atoms with Crippen molar-refractivity contribution in [1.29, 1.82) is 0 Å². The van der Waals surface area contributed by atoms with Gasteiger partial charge in [-0.15, -0.1) is 0 Å². The summed E-state index contributed by atoms with van der Waals surface area (Å²) in [5.41, 5.74) is 4.99. The fourth-order valence-electron chi connectivity index (χ4n) is 6.18. The molecule has 3 radical (unpaired) electrons. The van der Waals surface area contributed by atoms with Crippen molar-refractivity contribution in [3.8, 4) is 33.9 Å². The number of anilines is 3. The van der Waals surface area contributed by atoms with Crippen LogP contribution in [-0.2, 0) is 19.2 Å². The van der Waals surface area contributed by atoms with Crippen LogP contribution in [0.3, 0.4) is 0 Å². The smallest absolute Gasteiger partial charge is 0.323 e. The second kappa shape index (κ2) is 24.0. The summed E-state index contributed by atoms with van der Waals surface area (Å²) in [5.74, 6) is -4.22. The maximum Gasteiger partial charge on any atom is 0.323 e. The van der Waals surface area contributed by atoms with Crippen molar-refractivity contribution in [3.05, 3.63) is 83.7 Å². The number of benzene rings is 4. The molecule has 0 saturated heterocycles. The van der Waals surface area contributed by atoms with Gasteiger partial charge in [0.25, 0.3) is 0 Å². The van der Waals surface area contributed by atoms with Crippen molar-refractivity contribution in [2.24, 2.45) is 0 Å². The molecule has 3 aromatic carbocycles. The molecule has 0 bridgehead atoms. The van der Waals surface area contributed by atoms with Crippen LogP contribution in [0.1, 0.15) is 5.56 Å². The first-order valence-electron chi connectivity index (χ1n) is 17.1. The van der Waals surface area contributed by atoms with Crippen molar-refractivity contribution in [2.45, 2.75) is 6.92 Å². The summed E-state index contributed by atoms with van der Waals surface area (Å²) < 4.78 is 20.7. The van der Waals surface area contributed by atoms with E-state index in [1.165, 1.54) is 0 Å².